The van der Waals surface area contributed by atoms with E-state index >= 15 is 0 Å². The van der Waals surface area contributed by atoms with Gasteiger partial charge in [0.25, 0.3) is 5.91 Å². The summed E-state index contributed by atoms with van der Waals surface area (Å²) in [4.78, 5) is 14.5. The van der Waals surface area contributed by atoms with Crippen molar-refractivity contribution in [2.45, 2.75) is 19.4 Å². The monoisotopic (exact) mass is 387 g/mol. The molecule has 6 heteroatoms. The first-order valence-electron chi connectivity index (χ1n) is 8.97. The minimum absolute atomic E-state index is 0.0336. The fourth-order valence-corrected chi connectivity index (χ4v) is 3.23. The fraction of sp³-hybridized carbons (Fsp3) is 0.381. The van der Waals surface area contributed by atoms with Crippen LogP contribution in [0, 0.1) is 6.92 Å². The van der Waals surface area contributed by atoms with Crippen LogP contribution >= 0.6 is 11.8 Å². The molecule has 1 amide bonds. The average molecular weight is 388 g/mol. The topological polar surface area (TPSA) is 48.0 Å². The molecule has 2 aromatic rings. The van der Waals surface area contributed by atoms with Crippen molar-refractivity contribution < 1.29 is 19.0 Å². The van der Waals surface area contributed by atoms with E-state index in [4.69, 9.17) is 14.2 Å². The number of hydrogen-bond donors (Lipinski definition) is 0. The van der Waals surface area contributed by atoms with E-state index in [1.54, 1.807) is 23.8 Å². The van der Waals surface area contributed by atoms with Crippen LogP contribution in [0.2, 0.25) is 0 Å². The quantitative estimate of drug-likeness (QED) is 0.643. The predicted molar refractivity (Wildman–Crippen MR) is 109 cm³/mol. The maximum absolute atomic E-state index is 12.8. The lowest BCUT2D eigenvalue weighted by Crippen LogP contribution is -2.32. The number of ether oxygens (including phenoxy) is 3. The van der Waals surface area contributed by atoms with Crippen molar-refractivity contribution in [1.29, 1.82) is 0 Å². The first-order valence-corrected chi connectivity index (χ1v) is 10.4. The molecule has 1 fully saturated rings. The van der Waals surface area contributed by atoms with E-state index in [2.05, 4.69) is 0 Å². The summed E-state index contributed by atoms with van der Waals surface area (Å²) in [5.41, 5.74) is 1.96. The molecule has 144 valence electrons. The number of carbonyl (C=O) groups excluding carboxylic acids is 1. The van der Waals surface area contributed by atoms with Gasteiger partial charge in [-0.1, -0.05) is 17.7 Å². The number of anilines is 1. The first kappa shape index (κ1) is 19.4. The smallest absolute Gasteiger partial charge is 0.268 e. The van der Waals surface area contributed by atoms with Gasteiger partial charge in [0.2, 0.25) is 0 Å². The van der Waals surface area contributed by atoms with Crippen LogP contribution in [-0.4, -0.2) is 44.3 Å². The third kappa shape index (κ3) is 4.69. The second-order valence-electron chi connectivity index (χ2n) is 6.37. The normalized spacial score (nSPS) is 16.5. The molecule has 27 heavy (non-hydrogen) atoms. The van der Waals surface area contributed by atoms with Crippen LogP contribution in [-0.2, 0) is 4.79 Å². The van der Waals surface area contributed by atoms with Crippen molar-refractivity contribution in [3.8, 4) is 17.2 Å². The molecule has 1 aliphatic heterocycles. The van der Waals surface area contributed by atoms with Crippen molar-refractivity contribution in [2.24, 2.45) is 0 Å². The Hall–Kier alpha value is -2.34. The Labute approximate surface area is 164 Å². The van der Waals surface area contributed by atoms with E-state index in [1.165, 1.54) is 0 Å². The molecule has 0 radical (unpaired) electrons. The molecule has 0 aliphatic carbocycles. The number of benzene rings is 2. The Balaban J connectivity index is 1.69. The number of aryl methyl sites for hydroxylation is 1. The molecule has 1 atom stereocenters. The summed E-state index contributed by atoms with van der Waals surface area (Å²) in [6.07, 6.45) is 2.23. The van der Waals surface area contributed by atoms with Crippen LogP contribution in [0.1, 0.15) is 12.0 Å². The number of thioether (sulfide) groups is 1. The van der Waals surface area contributed by atoms with Crippen molar-refractivity contribution in [3.05, 3.63) is 48.0 Å². The fourth-order valence-electron chi connectivity index (χ4n) is 2.98. The van der Waals surface area contributed by atoms with Gasteiger partial charge in [0.15, 0.2) is 17.6 Å². The highest BCUT2D eigenvalue weighted by atomic mass is 32.2. The molecule has 3 rings (SSSR count). The maximum atomic E-state index is 12.8. The van der Waals surface area contributed by atoms with Gasteiger partial charge in [-0.2, -0.15) is 11.8 Å². The van der Waals surface area contributed by atoms with Gasteiger partial charge in [-0.3, -0.25) is 4.79 Å². The minimum Gasteiger partial charge on any atom is -0.493 e. The minimum atomic E-state index is -0.462. The molecule has 1 heterocycles. The van der Waals surface area contributed by atoms with Gasteiger partial charge in [-0.15, -0.1) is 0 Å². The number of amides is 1. The summed E-state index contributed by atoms with van der Waals surface area (Å²) in [7, 11) is 1.61. The average Bonchev–Trinajstić information content (AvgIpc) is 3.04. The number of rotatable bonds is 8. The number of carbonyl (C=O) groups is 1. The van der Waals surface area contributed by atoms with Crippen LogP contribution in [0.5, 0.6) is 17.2 Å². The van der Waals surface area contributed by atoms with Crippen LogP contribution in [0.25, 0.3) is 0 Å². The molecular formula is C21H25NO4S. The predicted octanol–water partition coefficient (Wildman–Crippen LogP) is 3.93. The molecule has 1 aliphatic rings. The zero-order valence-corrected chi connectivity index (χ0v) is 16.8. The zero-order valence-electron chi connectivity index (χ0n) is 15.9. The van der Waals surface area contributed by atoms with Gasteiger partial charge < -0.3 is 19.1 Å². The van der Waals surface area contributed by atoms with E-state index in [1.807, 2.05) is 55.6 Å². The summed E-state index contributed by atoms with van der Waals surface area (Å²) < 4.78 is 17.1. The third-order valence-electron chi connectivity index (χ3n) is 4.46. The highest BCUT2D eigenvalue weighted by Gasteiger charge is 2.34. The molecule has 2 aromatic carbocycles. The Morgan fingerprint density at radius 1 is 1.15 bits per heavy atom. The van der Waals surface area contributed by atoms with E-state index < -0.39 is 6.10 Å². The second kappa shape index (κ2) is 9.04. The third-order valence-corrected chi connectivity index (χ3v) is 5.03. The summed E-state index contributed by atoms with van der Waals surface area (Å²) in [6.45, 7) is 3.26. The molecule has 1 saturated heterocycles. The van der Waals surface area contributed by atoms with Crippen molar-refractivity contribution >= 4 is 23.4 Å². The zero-order chi connectivity index (χ0) is 19.2. The molecule has 5 nitrogen and oxygen atoms in total. The van der Waals surface area contributed by atoms with E-state index in [9.17, 15) is 4.79 Å². The number of methoxy groups -OCH3 is 1. The van der Waals surface area contributed by atoms with Crippen LogP contribution < -0.4 is 19.1 Å². The molecular weight excluding hydrogens is 362 g/mol. The first-order chi connectivity index (χ1) is 13.1. The summed E-state index contributed by atoms with van der Waals surface area (Å²) >= 11 is 1.73. The molecule has 0 bridgehead atoms. The Bertz CT molecular complexity index is 778. The Morgan fingerprint density at radius 2 is 1.93 bits per heavy atom. The molecule has 0 spiro atoms. The Kier molecular flexibility index (Phi) is 6.50. The summed E-state index contributed by atoms with van der Waals surface area (Å²) in [6, 6.07) is 13.4. The molecule has 0 saturated carbocycles. The lowest BCUT2D eigenvalue weighted by molar-refractivity contribution is -0.122. The van der Waals surface area contributed by atoms with Gasteiger partial charge in [0, 0.05) is 30.5 Å². The van der Waals surface area contributed by atoms with Crippen LogP contribution in [0.4, 0.5) is 5.69 Å². The summed E-state index contributed by atoms with van der Waals surface area (Å²) in [5, 5.41) is 0. The number of hydrogen-bond acceptors (Lipinski definition) is 5. The van der Waals surface area contributed by atoms with Crippen LogP contribution in [0.3, 0.4) is 0 Å². The second-order valence-corrected chi connectivity index (χ2v) is 7.36. The number of nitrogens with zero attached hydrogens (tertiary/aromatic N) is 1. The lowest BCUT2D eigenvalue weighted by Gasteiger charge is -2.19. The molecule has 0 aromatic heterocycles. The van der Waals surface area contributed by atoms with Crippen molar-refractivity contribution in [1.82, 2.24) is 0 Å². The SMILES string of the molecule is COc1cc(N2CCC(Oc3ccc(C)cc3)C2=O)ccc1OCCSC. The standard InChI is InChI=1S/C21H25NO4S/c1-15-4-7-17(8-5-15)26-19-10-11-22(21(19)23)16-6-9-18(20(14-16)24-2)25-12-13-27-3/h4-9,14,19H,10-13H2,1-3H3. The van der Waals surface area contributed by atoms with E-state index in [0.717, 1.165) is 22.8 Å². The lowest BCUT2D eigenvalue weighted by atomic mass is 10.2. The maximum Gasteiger partial charge on any atom is 0.268 e. The van der Waals surface area contributed by atoms with Gasteiger partial charge in [0.1, 0.15) is 5.75 Å². The van der Waals surface area contributed by atoms with Crippen LogP contribution in [0.15, 0.2) is 42.5 Å². The van der Waals surface area contributed by atoms with E-state index in [-0.39, 0.29) is 5.91 Å². The van der Waals surface area contributed by atoms with Gasteiger partial charge in [-0.25, -0.2) is 0 Å². The van der Waals surface area contributed by atoms with Gasteiger partial charge in [0.05, 0.1) is 13.7 Å². The van der Waals surface area contributed by atoms with Crippen molar-refractivity contribution in [2.75, 3.05) is 37.2 Å². The highest BCUT2D eigenvalue weighted by molar-refractivity contribution is 7.98. The van der Waals surface area contributed by atoms with E-state index in [0.29, 0.717) is 31.1 Å². The van der Waals surface area contributed by atoms with Gasteiger partial charge in [-0.05, 0) is 37.4 Å². The molecule has 1 unspecified atom stereocenters. The summed E-state index contributed by atoms with van der Waals surface area (Å²) in [5.74, 6) is 2.91. The molecule has 0 N–H and O–H groups in total. The highest BCUT2D eigenvalue weighted by Crippen LogP contribution is 2.34. The van der Waals surface area contributed by atoms with Crippen molar-refractivity contribution in [3.63, 3.8) is 0 Å². The Morgan fingerprint density at radius 3 is 2.63 bits per heavy atom. The van der Waals surface area contributed by atoms with Gasteiger partial charge >= 0.3 is 0 Å². The largest absolute Gasteiger partial charge is 0.493 e.